The number of carboxylic acids is 1. The molecule has 2 nitrogen and oxygen atoms in total. The molecule has 0 aromatic heterocycles. The Morgan fingerprint density at radius 1 is 1.07 bits per heavy atom. The van der Waals surface area contributed by atoms with Crippen molar-refractivity contribution in [1.29, 1.82) is 0 Å². The molecular formula is C12H23O2S. The lowest BCUT2D eigenvalue weighted by molar-refractivity contribution is -0.136. The minimum atomic E-state index is -0.840. The second-order valence-corrected chi connectivity index (χ2v) is 4.66. The Morgan fingerprint density at radius 2 is 1.53 bits per heavy atom. The second-order valence-electron chi connectivity index (χ2n) is 4.09. The molecule has 0 saturated carbocycles. The molecular weight excluding hydrogens is 208 g/mol. The average molecular weight is 231 g/mol. The maximum atomic E-state index is 10.4. The van der Waals surface area contributed by atoms with Crippen LogP contribution in [0, 0.1) is 0 Å². The molecule has 1 radical (unpaired) electrons. The van der Waals surface area contributed by atoms with Crippen LogP contribution in [0.15, 0.2) is 0 Å². The monoisotopic (exact) mass is 231 g/mol. The molecule has 15 heavy (non-hydrogen) atoms. The first kappa shape index (κ1) is 14.8. The fourth-order valence-corrected chi connectivity index (χ4v) is 1.75. The first-order chi connectivity index (χ1) is 7.18. The maximum absolute atomic E-state index is 10.4. The van der Waals surface area contributed by atoms with E-state index in [0.29, 0.717) is 6.42 Å². The molecule has 0 spiro atoms. The average Bonchev–Trinajstić information content (AvgIpc) is 2.21. The zero-order valence-electron chi connectivity index (χ0n) is 9.71. The molecule has 3 heteroatoms. The van der Waals surface area contributed by atoms with Crippen LogP contribution in [0.25, 0.3) is 0 Å². The Kier molecular flexibility index (Phi) is 10.2. The third-order valence-electron chi connectivity index (χ3n) is 2.60. The first-order valence-electron chi connectivity index (χ1n) is 6.07. The summed E-state index contributed by atoms with van der Waals surface area (Å²) in [6, 6.07) is 0. The quantitative estimate of drug-likeness (QED) is 0.573. The van der Waals surface area contributed by atoms with Crippen LogP contribution < -0.4 is 0 Å². The van der Waals surface area contributed by atoms with Crippen molar-refractivity contribution in [2.75, 3.05) is 0 Å². The lowest BCUT2D eigenvalue weighted by Crippen LogP contribution is -2.12. The summed E-state index contributed by atoms with van der Waals surface area (Å²) >= 11 is 4.80. The van der Waals surface area contributed by atoms with Gasteiger partial charge in [-0.05, 0) is 6.42 Å². The van der Waals surface area contributed by atoms with Crippen molar-refractivity contribution >= 4 is 18.6 Å². The smallest absolute Gasteiger partial charge is 0.317 e. The van der Waals surface area contributed by atoms with E-state index in [0.717, 1.165) is 12.8 Å². The summed E-state index contributed by atoms with van der Waals surface area (Å²) < 4.78 is 0. The lowest BCUT2D eigenvalue weighted by atomic mass is 10.1. The molecule has 0 aromatic rings. The van der Waals surface area contributed by atoms with Crippen molar-refractivity contribution in [2.24, 2.45) is 0 Å². The molecule has 1 N–H and O–H groups in total. The molecule has 0 bridgehead atoms. The van der Waals surface area contributed by atoms with Gasteiger partial charge in [-0.1, -0.05) is 70.9 Å². The number of hydrogen-bond donors (Lipinski definition) is 1. The summed E-state index contributed by atoms with van der Waals surface area (Å²) in [4.78, 5) is 10.4. The molecule has 0 rings (SSSR count). The number of carbonyl (C=O) groups is 1. The van der Waals surface area contributed by atoms with E-state index in [1.54, 1.807) is 0 Å². The Balaban J connectivity index is 3.08. The molecule has 89 valence electrons. The normalized spacial score (nSPS) is 12.7. The van der Waals surface area contributed by atoms with E-state index >= 15 is 0 Å². The Hall–Kier alpha value is -0.180. The highest BCUT2D eigenvalue weighted by atomic mass is 32.1. The van der Waals surface area contributed by atoms with Crippen LogP contribution in [-0.2, 0) is 4.79 Å². The van der Waals surface area contributed by atoms with Crippen LogP contribution in [0.3, 0.4) is 0 Å². The van der Waals surface area contributed by atoms with Crippen LogP contribution in [0.1, 0.15) is 64.7 Å². The highest BCUT2D eigenvalue weighted by Crippen LogP contribution is 2.12. The van der Waals surface area contributed by atoms with Gasteiger partial charge in [-0.25, -0.2) is 0 Å². The van der Waals surface area contributed by atoms with Gasteiger partial charge in [-0.2, -0.15) is 0 Å². The molecule has 1 atom stereocenters. The molecule has 1 unspecified atom stereocenters. The van der Waals surface area contributed by atoms with E-state index in [1.165, 1.54) is 38.5 Å². The van der Waals surface area contributed by atoms with Gasteiger partial charge in [-0.3, -0.25) is 4.79 Å². The van der Waals surface area contributed by atoms with Crippen LogP contribution in [-0.4, -0.2) is 16.3 Å². The van der Waals surface area contributed by atoms with Crippen molar-refractivity contribution in [3.05, 3.63) is 0 Å². The van der Waals surface area contributed by atoms with Crippen molar-refractivity contribution in [2.45, 2.75) is 70.0 Å². The molecule has 0 aliphatic carbocycles. The van der Waals surface area contributed by atoms with Gasteiger partial charge < -0.3 is 5.11 Å². The standard InChI is InChI=1S/C12H23O2S/c1-2-3-4-5-6-7-8-9-10-11(15)12(13)14/h11H,2-10H2,1H3,(H,13,14). The SMILES string of the molecule is CCCCCCCCCCC([S])C(=O)O. The van der Waals surface area contributed by atoms with Crippen molar-refractivity contribution in [3.63, 3.8) is 0 Å². The minimum absolute atomic E-state index is 0.579. The van der Waals surface area contributed by atoms with Gasteiger partial charge in [0, 0.05) is 0 Å². The summed E-state index contributed by atoms with van der Waals surface area (Å²) in [6.45, 7) is 2.22. The molecule has 0 aromatic carbocycles. The van der Waals surface area contributed by atoms with Crippen LogP contribution in [0.2, 0.25) is 0 Å². The Morgan fingerprint density at radius 3 is 2.00 bits per heavy atom. The Labute approximate surface area is 98.9 Å². The van der Waals surface area contributed by atoms with Gasteiger partial charge in [0.05, 0.1) is 0 Å². The largest absolute Gasteiger partial charge is 0.480 e. The molecule has 0 amide bonds. The van der Waals surface area contributed by atoms with E-state index in [9.17, 15) is 4.79 Å². The third kappa shape index (κ3) is 10.1. The van der Waals surface area contributed by atoms with Gasteiger partial charge in [0.1, 0.15) is 5.25 Å². The van der Waals surface area contributed by atoms with E-state index in [-0.39, 0.29) is 0 Å². The first-order valence-corrected chi connectivity index (χ1v) is 6.54. The lowest BCUT2D eigenvalue weighted by Gasteiger charge is -2.04. The van der Waals surface area contributed by atoms with Crippen molar-refractivity contribution in [1.82, 2.24) is 0 Å². The summed E-state index contributed by atoms with van der Waals surface area (Å²) in [7, 11) is 0. The maximum Gasteiger partial charge on any atom is 0.317 e. The summed E-state index contributed by atoms with van der Waals surface area (Å²) in [5, 5.41) is 8.00. The van der Waals surface area contributed by atoms with Gasteiger partial charge in [0.15, 0.2) is 0 Å². The predicted molar refractivity (Wildman–Crippen MR) is 66.2 cm³/mol. The number of unbranched alkanes of at least 4 members (excludes halogenated alkanes) is 7. The van der Waals surface area contributed by atoms with E-state index < -0.39 is 11.2 Å². The van der Waals surface area contributed by atoms with Gasteiger partial charge in [-0.15, -0.1) is 0 Å². The van der Waals surface area contributed by atoms with Crippen molar-refractivity contribution < 1.29 is 9.90 Å². The summed E-state index contributed by atoms with van der Waals surface area (Å²) in [5.41, 5.74) is 0. The molecule has 0 fully saturated rings. The predicted octanol–water partition coefficient (Wildman–Crippen LogP) is 4.17. The molecule has 0 heterocycles. The Bertz CT molecular complexity index is 160. The van der Waals surface area contributed by atoms with Crippen LogP contribution in [0.4, 0.5) is 0 Å². The van der Waals surface area contributed by atoms with Gasteiger partial charge in [0.25, 0.3) is 0 Å². The molecule has 0 aliphatic heterocycles. The number of hydrogen-bond acceptors (Lipinski definition) is 1. The fourth-order valence-electron chi connectivity index (χ4n) is 1.59. The number of rotatable bonds is 10. The highest BCUT2D eigenvalue weighted by molar-refractivity contribution is 7.81. The zero-order chi connectivity index (χ0) is 11.5. The number of carboxylic acid groups (broad SMARTS) is 1. The summed E-state index contributed by atoms with van der Waals surface area (Å²) in [5.74, 6) is -0.840. The molecule has 0 saturated heterocycles. The second kappa shape index (κ2) is 10.3. The zero-order valence-corrected chi connectivity index (χ0v) is 10.5. The molecule has 0 aliphatic rings. The van der Waals surface area contributed by atoms with Crippen LogP contribution >= 0.6 is 12.6 Å². The van der Waals surface area contributed by atoms with Crippen LogP contribution in [0.5, 0.6) is 0 Å². The summed E-state index contributed by atoms with van der Waals surface area (Å²) in [6.07, 6.45) is 10.6. The van der Waals surface area contributed by atoms with Gasteiger partial charge in [0.2, 0.25) is 0 Å². The van der Waals surface area contributed by atoms with E-state index in [4.69, 9.17) is 17.7 Å². The topological polar surface area (TPSA) is 37.3 Å². The van der Waals surface area contributed by atoms with Gasteiger partial charge >= 0.3 is 5.97 Å². The minimum Gasteiger partial charge on any atom is -0.480 e. The third-order valence-corrected chi connectivity index (χ3v) is 3.03. The highest BCUT2D eigenvalue weighted by Gasteiger charge is 2.11. The van der Waals surface area contributed by atoms with Crippen molar-refractivity contribution in [3.8, 4) is 0 Å². The van der Waals surface area contributed by atoms with E-state index in [2.05, 4.69) is 6.92 Å². The van der Waals surface area contributed by atoms with E-state index in [1.807, 2.05) is 0 Å². The fraction of sp³-hybridized carbons (Fsp3) is 0.917. The number of aliphatic carboxylic acids is 1.